The standard InChI is InChI=1S/C60H54N12O6/c1-4-70(55-25-19-52(20-26-55)67-64-49-13-7-43(40-61)8-14-49)31-34-76-58(73)46-37-47(59(74)77-35-32-71(5-2)56-27-21-53(22-28-56)68-65-50-15-9-44(41-62)10-16-50)39-48(38-46)60(75)78-36-33-72(6-3)57-29-23-54(24-30-57)69-66-51-17-11-45(42-63)12-18-51/h7-30,37-39H,4-6,31-36H2,1-3H3. The number of nitriles is 3. The van der Waals surface area contributed by atoms with E-state index in [0.717, 1.165) is 17.1 Å². The molecule has 0 saturated carbocycles. The molecule has 78 heavy (non-hydrogen) atoms. The zero-order chi connectivity index (χ0) is 55.1. The normalized spacial score (nSPS) is 10.9. The van der Waals surface area contributed by atoms with Crippen LogP contribution in [0.5, 0.6) is 0 Å². The van der Waals surface area contributed by atoms with Crippen LogP contribution in [-0.2, 0) is 14.2 Å². The lowest BCUT2D eigenvalue weighted by molar-refractivity contribution is 0.0512. The number of anilines is 3. The number of nitrogens with zero attached hydrogens (tertiary/aromatic N) is 12. The molecule has 18 nitrogen and oxygen atoms in total. The van der Waals surface area contributed by atoms with Crippen LogP contribution in [0.25, 0.3) is 0 Å². The molecule has 0 aliphatic rings. The van der Waals surface area contributed by atoms with Crippen LogP contribution in [0.1, 0.15) is 68.5 Å². The van der Waals surface area contributed by atoms with E-state index in [-0.39, 0.29) is 36.5 Å². The van der Waals surface area contributed by atoms with Crippen LogP contribution < -0.4 is 14.7 Å². The Hall–Kier alpha value is -10.4. The van der Waals surface area contributed by atoms with Gasteiger partial charge in [-0.3, -0.25) is 0 Å². The van der Waals surface area contributed by atoms with Gasteiger partial charge in [0.15, 0.2) is 0 Å². The molecule has 0 amide bonds. The first kappa shape index (κ1) is 55.4. The Kier molecular flexibility index (Phi) is 20.1. The van der Waals surface area contributed by atoms with E-state index < -0.39 is 17.9 Å². The molecule has 7 aromatic carbocycles. The van der Waals surface area contributed by atoms with Crippen molar-refractivity contribution < 1.29 is 28.6 Å². The zero-order valence-corrected chi connectivity index (χ0v) is 43.3. The first-order valence-corrected chi connectivity index (χ1v) is 25.1. The van der Waals surface area contributed by atoms with Crippen molar-refractivity contribution in [2.24, 2.45) is 30.7 Å². The average molecular weight is 1040 g/mol. The van der Waals surface area contributed by atoms with E-state index in [0.29, 0.717) is 90.1 Å². The number of rotatable bonds is 24. The summed E-state index contributed by atoms with van der Waals surface area (Å²) in [4.78, 5) is 47.3. The molecular weight excluding hydrogens is 985 g/mol. The molecule has 0 aromatic heterocycles. The molecular formula is C60H54N12O6. The third-order valence-electron chi connectivity index (χ3n) is 12.0. The Labute approximate surface area is 452 Å². The Balaban J connectivity index is 0.987. The van der Waals surface area contributed by atoms with Gasteiger partial charge in [-0.05, 0) is 185 Å². The number of carbonyl (C=O) groups excluding carboxylic acids is 3. The lowest BCUT2D eigenvalue weighted by Gasteiger charge is -2.23. The second-order valence-corrected chi connectivity index (χ2v) is 17.1. The fraction of sp³-hybridized carbons (Fsp3) is 0.200. The van der Waals surface area contributed by atoms with Crippen LogP contribution in [0.15, 0.2) is 194 Å². The summed E-state index contributed by atoms with van der Waals surface area (Å²) in [6.07, 6.45) is 0. The summed E-state index contributed by atoms with van der Waals surface area (Å²) in [5.41, 5.74) is 7.82. The molecule has 0 saturated heterocycles. The minimum Gasteiger partial charge on any atom is -0.460 e. The highest BCUT2D eigenvalue weighted by molar-refractivity contribution is 6.00. The SMILES string of the molecule is CCN(CCOC(=O)c1cc(C(=O)OCCN(CC)c2ccc(N=Nc3ccc(C#N)cc3)cc2)cc(C(=O)OCCN(CC)c2ccc(N=Nc3ccc(C#N)cc3)cc2)c1)c1ccc(N=Nc2ccc(C#N)cc2)cc1. The first-order valence-electron chi connectivity index (χ1n) is 25.1. The third kappa shape index (κ3) is 16.1. The zero-order valence-electron chi connectivity index (χ0n) is 43.3. The van der Waals surface area contributed by atoms with Gasteiger partial charge in [0.05, 0.1) is 105 Å². The summed E-state index contributed by atoms with van der Waals surface area (Å²) in [6, 6.07) is 52.9. The minimum atomic E-state index is -0.748. The number of hydrogen-bond acceptors (Lipinski definition) is 18. The van der Waals surface area contributed by atoms with Gasteiger partial charge in [0, 0.05) is 36.7 Å². The Morgan fingerprint density at radius 2 is 0.564 bits per heavy atom. The molecule has 0 N–H and O–H groups in total. The van der Waals surface area contributed by atoms with Crippen LogP contribution in [0, 0.1) is 34.0 Å². The maximum Gasteiger partial charge on any atom is 0.338 e. The Morgan fingerprint density at radius 3 is 0.756 bits per heavy atom. The largest absolute Gasteiger partial charge is 0.460 e. The molecule has 0 spiro atoms. The van der Waals surface area contributed by atoms with Crippen LogP contribution >= 0.6 is 0 Å². The highest BCUT2D eigenvalue weighted by atomic mass is 16.5. The van der Waals surface area contributed by atoms with Crippen molar-refractivity contribution in [2.45, 2.75) is 20.8 Å². The summed E-state index contributed by atoms with van der Waals surface area (Å²) >= 11 is 0. The number of esters is 3. The number of likely N-dealkylation sites (N-methyl/N-ethyl adjacent to an activating group) is 3. The van der Waals surface area contributed by atoms with Gasteiger partial charge in [-0.2, -0.15) is 46.5 Å². The maximum absolute atomic E-state index is 13.7. The Bertz CT molecular complexity index is 2990. The van der Waals surface area contributed by atoms with Crippen molar-refractivity contribution in [2.75, 3.05) is 73.8 Å². The maximum atomic E-state index is 13.7. The molecule has 7 rings (SSSR count). The van der Waals surface area contributed by atoms with Gasteiger partial charge in [0.25, 0.3) is 0 Å². The summed E-state index contributed by atoms with van der Waals surface area (Å²) < 4.78 is 17.2. The fourth-order valence-corrected chi connectivity index (χ4v) is 7.73. The summed E-state index contributed by atoms with van der Waals surface area (Å²) in [5.74, 6) is -2.24. The molecule has 0 fully saturated rings. The van der Waals surface area contributed by atoms with E-state index in [9.17, 15) is 14.4 Å². The Morgan fingerprint density at radius 1 is 0.359 bits per heavy atom. The van der Waals surface area contributed by atoms with Crippen molar-refractivity contribution in [3.05, 3.63) is 197 Å². The number of hydrogen-bond donors (Lipinski definition) is 0. The summed E-state index contributed by atoms with van der Waals surface area (Å²) in [6.45, 7) is 8.70. The van der Waals surface area contributed by atoms with Crippen LogP contribution in [-0.4, -0.2) is 77.0 Å². The molecule has 0 unspecified atom stereocenters. The van der Waals surface area contributed by atoms with E-state index in [1.54, 1.807) is 72.8 Å². The molecule has 18 heteroatoms. The van der Waals surface area contributed by atoms with Gasteiger partial charge in [0.1, 0.15) is 19.8 Å². The van der Waals surface area contributed by atoms with Gasteiger partial charge in [0.2, 0.25) is 0 Å². The third-order valence-corrected chi connectivity index (χ3v) is 12.0. The summed E-state index contributed by atoms with van der Waals surface area (Å²) in [7, 11) is 0. The van der Waals surface area contributed by atoms with Crippen LogP contribution in [0.2, 0.25) is 0 Å². The quantitative estimate of drug-likeness (QED) is 0.0312. The number of carbonyl (C=O) groups is 3. The first-order chi connectivity index (χ1) is 38.1. The van der Waals surface area contributed by atoms with Crippen LogP contribution in [0.4, 0.5) is 51.2 Å². The molecule has 0 heterocycles. The second-order valence-electron chi connectivity index (χ2n) is 17.1. The van der Waals surface area contributed by atoms with Gasteiger partial charge in [-0.15, -0.1) is 0 Å². The topological polar surface area (TPSA) is 234 Å². The van der Waals surface area contributed by atoms with Crippen molar-refractivity contribution in [3.63, 3.8) is 0 Å². The lowest BCUT2D eigenvalue weighted by atomic mass is 10.1. The monoisotopic (exact) mass is 1040 g/mol. The minimum absolute atomic E-state index is 0.0110. The number of azo groups is 3. The molecule has 0 atom stereocenters. The second kappa shape index (κ2) is 28.3. The highest BCUT2D eigenvalue weighted by Gasteiger charge is 2.20. The van der Waals surface area contributed by atoms with Crippen LogP contribution in [0.3, 0.4) is 0 Å². The van der Waals surface area contributed by atoms with Crippen molar-refractivity contribution in [1.29, 1.82) is 15.8 Å². The fourth-order valence-electron chi connectivity index (χ4n) is 7.73. The number of ether oxygens (including phenoxy) is 3. The van der Waals surface area contributed by atoms with Crippen molar-refractivity contribution in [1.82, 2.24) is 0 Å². The molecule has 390 valence electrons. The summed E-state index contributed by atoms with van der Waals surface area (Å²) in [5, 5.41) is 52.8. The van der Waals surface area contributed by atoms with Gasteiger partial charge in [-0.1, -0.05) is 0 Å². The molecule has 0 aliphatic carbocycles. The van der Waals surface area contributed by atoms with Crippen molar-refractivity contribution in [3.8, 4) is 18.2 Å². The molecule has 0 radical (unpaired) electrons. The van der Waals surface area contributed by atoms with Gasteiger partial charge in [-0.25, -0.2) is 14.4 Å². The predicted molar refractivity (Wildman–Crippen MR) is 296 cm³/mol. The van der Waals surface area contributed by atoms with E-state index in [2.05, 4.69) is 48.9 Å². The van der Waals surface area contributed by atoms with E-state index in [1.165, 1.54) is 18.2 Å². The van der Waals surface area contributed by atoms with Gasteiger partial charge >= 0.3 is 17.9 Å². The average Bonchev–Trinajstić information content (AvgIpc) is 3.49. The lowest BCUT2D eigenvalue weighted by Crippen LogP contribution is -2.28. The van der Waals surface area contributed by atoms with Crippen molar-refractivity contribution >= 4 is 69.1 Å². The smallest absolute Gasteiger partial charge is 0.338 e. The van der Waals surface area contributed by atoms with Gasteiger partial charge < -0.3 is 28.9 Å². The van der Waals surface area contributed by atoms with E-state index in [4.69, 9.17) is 30.0 Å². The molecule has 0 aliphatic heterocycles. The highest BCUT2D eigenvalue weighted by Crippen LogP contribution is 2.26. The molecule has 0 bridgehead atoms. The van der Waals surface area contributed by atoms with E-state index in [1.807, 2.05) is 108 Å². The van der Waals surface area contributed by atoms with E-state index >= 15 is 0 Å². The predicted octanol–water partition coefficient (Wildman–Crippen LogP) is 13.6. The molecule has 7 aromatic rings. The number of benzene rings is 7.